The molecule has 2 N–H and O–H groups in total. The van der Waals surface area contributed by atoms with Crippen molar-refractivity contribution in [2.24, 2.45) is 5.73 Å². The van der Waals surface area contributed by atoms with Crippen LogP contribution in [0.3, 0.4) is 0 Å². The maximum Gasteiger partial charge on any atom is 0.268 e. The summed E-state index contributed by atoms with van der Waals surface area (Å²) in [6.45, 7) is 6.15. The number of carbonyl (C=O) groups excluding carboxylic acids is 2. The number of thiophene rings is 1. The molecule has 1 atom stereocenters. The van der Waals surface area contributed by atoms with E-state index in [1.807, 2.05) is 29.2 Å². The molecule has 1 aromatic carbocycles. The molecule has 2 amide bonds. The summed E-state index contributed by atoms with van der Waals surface area (Å²) in [4.78, 5) is 28.2. The van der Waals surface area contributed by atoms with Gasteiger partial charge in [0.15, 0.2) is 0 Å². The topological polar surface area (TPSA) is 110 Å². The second-order valence-electron chi connectivity index (χ2n) is 9.16. The Bertz CT molecular complexity index is 1240. The van der Waals surface area contributed by atoms with E-state index in [-0.39, 0.29) is 4.91 Å². The average molecular weight is 490 g/mol. The number of hydrogen-bond donors (Lipinski definition) is 1. The van der Waals surface area contributed by atoms with Gasteiger partial charge in [0, 0.05) is 28.9 Å². The smallest absolute Gasteiger partial charge is 0.268 e. The Morgan fingerprint density at radius 3 is 2.45 bits per heavy atom. The summed E-state index contributed by atoms with van der Waals surface area (Å²) in [5, 5.41) is 0. The lowest BCUT2D eigenvalue weighted by atomic mass is 9.99. The zero-order chi connectivity index (χ0) is 24.1. The minimum absolute atomic E-state index is 0.0215. The van der Waals surface area contributed by atoms with E-state index < -0.39 is 33.4 Å². The Kier molecular flexibility index (Phi) is 5.88. The third-order valence-corrected chi connectivity index (χ3v) is 9.26. The SMILES string of the molecule is COc1ccc(CN2CCc3cc(C4=CC(=O)N(C(C)(C)C)S4(=O)=O)sc3C2C(N)=O)cc1. The zero-order valence-corrected chi connectivity index (χ0v) is 20.6. The first-order chi connectivity index (χ1) is 15.4. The average Bonchev–Trinajstić information content (AvgIpc) is 3.24. The third kappa shape index (κ3) is 4.18. The molecule has 0 fully saturated rings. The van der Waals surface area contributed by atoms with Crippen LogP contribution in [0.15, 0.2) is 36.4 Å². The Labute approximate surface area is 197 Å². The molecule has 0 saturated heterocycles. The summed E-state index contributed by atoms with van der Waals surface area (Å²) in [5.41, 5.74) is 6.82. The first-order valence-electron chi connectivity index (χ1n) is 10.5. The lowest BCUT2D eigenvalue weighted by molar-refractivity contribution is -0.124. The van der Waals surface area contributed by atoms with E-state index in [4.69, 9.17) is 10.5 Å². The van der Waals surface area contributed by atoms with Gasteiger partial charge in [0.2, 0.25) is 5.91 Å². The van der Waals surface area contributed by atoms with Crippen molar-refractivity contribution in [1.82, 2.24) is 9.21 Å². The quantitative estimate of drug-likeness (QED) is 0.691. The molecule has 176 valence electrons. The third-order valence-electron chi connectivity index (χ3n) is 5.76. The van der Waals surface area contributed by atoms with E-state index in [1.165, 1.54) is 17.4 Å². The lowest BCUT2D eigenvalue weighted by Gasteiger charge is -2.33. The number of fused-ring (bicyclic) bond motifs is 1. The second-order valence-corrected chi connectivity index (χ2v) is 12.0. The van der Waals surface area contributed by atoms with Gasteiger partial charge in [-0.25, -0.2) is 12.7 Å². The molecule has 0 saturated carbocycles. The van der Waals surface area contributed by atoms with E-state index in [9.17, 15) is 18.0 Å². The van der Waals surface area contributed by atoms with Crippen LogP contribution >= 0.6 is 11.3 Å². The van der Waals surface area contributed by atoms with Crippen LogP contribution in [0.4, 0.5) is 0 Å². The molecular weight excluding hydrogens is 462 g/mol. The van der Waals surface area contributed by atoms with Crippen LogP contribution in [0.25, 0.3) is 4.91 Å². The van der Waals surface area contributed by atoms with Crippen molar-refractivity contribution in [3.8, 4) is 5.75 Å². The Hall–Kier alpha value is -2.69. The van der Waals surface area contributed by atoms with Crippen molar-refractivity contribution in [3.63, 3.8) is 0 Å². The molecule has 2 aromatic rings. The number of benzene rings is 1. The van der Waals surface area contributed by atoms with Gasteiger partial charge in [-0.15, -0.1) is 11.3 Å². The molecule has 10 heteroatoms. The first kappa shape index (κ1) is 23.5. The molecule has 1 unspecified atom stereocenters. The highest BCUT2D eigenvalue weighted by Gasteiger charge is 2.45. The number of carbonyl (C=O) groups is 2. The monoisotopic (exact) mass is 489 g/mol. The summed E-state index contributed by atoms with van der Waals surface area (Å²) in [6, 6.07) is 8.71. The highest BCUT2D eigenvalue weighted by atomic mass is 32.2. The number of nitrogens with zero attached hydrogens (tertiary/aromatic N) is 2. The predicted molar refractivity (Wildman–Crippen MR) is 127 cm³/mol. The summed E-state index contributed by atoms with van der Waals surface area (Å²) < 4.78 is 32.4. The van der Waals surface area contributed by atoms with Crippen molar-refractivity contribution in [1.29, 1.82) is 0 Å². The number of hydrogen-bond acceptors (Lipinski definition) is 7. The largest absolute Gasteiger partial charge is 0.497 e. The summed E-state index contributed by atoms with van der Waals surface area (Å²) in [6.07, 6.45) is 1.82. The molecular formula is C23H27N3O5S2. The van der Waals surface area contributed by atoms with Gasteiger partial charge in [-0.1, -0.05) is 12.1 Å². The van der Waals surface area contributed by atoms with Gasteiger partial charge in [0.25, 0.3) is 15.9 Å². The van der Waals surface area contributed by atoms with Gasteiger partial charge in [0.05, 0.1) is 12.6 Å². The van der Waals surface area contributed by atoms with Gasteiger partial charge < -0.3 is 10.5 Å². The van der Waals surface area contributed by atoms with Crippen molar-refractivity contribution >= 4 is 38.1 Å². The van der Waals surface area contributed by atoms with E-state index in [0.717, 1.165) is 26.1 Å². The number of methoxy groups -OCH3 is 1. The Balaban J connectivity index is 1.67. The fourth-order valence-electron chi connectivity index (χ4n) is 4.35. The fraction of sp³-hybridized carbons (Fsp3) is 0.391. The van der Waals surface area contributed by atoms with Crippen molar-refractivity contribution in [2.75, 3.05) is 13.7 Å². The molecule has 3 heterocycles. The van der Waals surface area contributed by atoms with E-state index >= 15 is 0 Å². The maximum absolute atomic E-state index is 13.2. The van der Waals surface area contributed by atoms with Crippen LogP contribution in [-0.2, 0) is 32.6 Å². The number of nitrogens with two attached hydrogens (primary N) is 1. The first-order valence-corrected chi connectivity index (χ1v) is 12.8. The summed E-state index contributed by atoms with van der Waals surface area (Å²) >= 11 is 1.22. The van der Waals surface area contributed by atoms with Crippen LogP contribution in [-0.4, -0.2) is 48.6 Å². The molecule has 0 bridgehead atoms. The van der Waals surface area contributed by atoms with Gasteiger partial charge in [-0.3, -0.25) is 14.5 Å². The molecule has 8 nitrogen and oxygen atoms in total. The molecule has 0 radical (unpaired) electrons. The Morgan fingerprint density at radius 1 is 1.24 bits per heavy atom. The van der Waals surface area contributed by atoms with Gasteiger partial charge in [-0.05, 0) is 56.5 Å². The Morgan fingerprint density at radius 2 is 1.91 bits per heavy atom. The van der Waals surface area contributed by atoms with Crippen LogP contribution in [0.2, 0.25) is 0 Å². The number of amides is 2. The van der Waals surface area contributed by atoms with Crippen LogP contribution in [0, 0.1) is 0 Å². The number of primary amides is 1. The predicted octanol–water partition coefficient (Wildman–Crippen LogP) is 2.65. The molecule has 0 spiro atoms. The number of sulfonamides is 1. The molecule has 1 aromatic heterocycles. The minimum Gasteiger partial charge on any atom is -0.497 e. The van der Waals surface area contributed by atoms with Crippen LogP contribution < -0.4 is 10.5 Å². The van der Waals surface area contributed by atoms with Gasteiger partial charge >= 0.3 is 0 Å². The zero-order valence-electron chi connectivity index (χ0n) is 19.0. The molecule has 0 aliphatic carbocycles. The second kappa shape index (κ2) is 8.27. The highest BCUT2D eigenvalue weighted by molar-refractivity contribution is 7.99. The number of rotatable bonds is 5. The van der Waals surface area contributed by atoms with E-state index in [1.54, 1.807) is 33.9 Å². The summed E-state index contributed by atoms with van der Waals surface area (Å²) in [7, 11) is -2.38. The van der Waals surface area contributed by atoms with Gasteiger partial charge in [0.1, 0.15) is 16.7 Å². The minimum atomic E-state index is -3.98. The normalized spacial score (nSPS) is 20.5. The highest BCUT2D eigenvalue weighted by Crippen LogP contribution is 2.43. The van der Waals surface area contributed by atoms with Gasteiger partial charge in [-0.2, -0.15) is 0 Å². The van der Waals surface area contributed by atoms with Crippen molar-refractivity contribution in [3.05, 3.63) is 57.3 Å². The lowest BCUT2D eigenvalue weighted by Crippen LogP contribution is -2.45. The van der Waals surface area contributed by atoms with Crippen molar-refractivity contribution in [2.45, 2.75) is 45.3 Å². The molecule has 4 rings (SSSR count). The van der Waals surface area contributed by atoms with Crippen LogP contribution in [0.1, 0.15) is 47.7 Å². The molecule has 2 aliphatic heterocycles. The number of ether oxygens (including phenoxy) is 1. The standard InChI is InChI=1S/C23H27N3O5S2/c1-23(2,3)26-19(27)12-18(33(26,29)30)17-11-15-9-10-25(20(22(24)28)21(15)32-17)13-14-5-7-16(31-4)8-6-14/h5-8,11-12,20H,9-10,13H2,1-4H3,(H2,24,28). The molecule has 2 aliphatic rings. The van der Waals surface area contributed by atoms with E-state index in [2.05, 4.69) is 0 Å². The van der Waals surface area contributed by atoms with Crippen molar-refractivity contribution < 1.29 is 22.7 Å². The van der Waals surface area contributed by atoms with E-state index in [0.29, 0.717) is 24.4 Å². The van der Waals surface area contributed by atoms with Crippen LogP contribution in [0.5, 0.6) is 5.75 Å². The maximum atomic E-state index is 13.2. The summed E-state index contributed by atoms with van der Waals surface area (Å²) in [5.74, 6) is -0.302. The fourth-order valence-corrected chi connectivity index (χ4v) is 7.82. The molecule has 33 heavy (non-hydrogen) atoms.